The number of hydrogen-bond donors (Lipinski definition) is 1. The van der Waals surface area contributed by atoms with Gasteiger partial charge in [-0.2, -0.15) is 0 Å². The van der Waals surface area contributed by atoms with Crippen molar-refractivity contribution < 1.29 is 14.8 Å². The van der Waals surface area contributed by atoms with Gasteiger partial charge in [0.15, 0.2) is 5.69 Å². The quantitative estimate of drug-likeness (QED) is 0.643. The SMILES string of the molecule is O=C(O)c1cnc(N(Cc2cccc([N+](=O)[O-])c2)C2CC2)cn1. The van der Waals surface area contributed by atoms with E-state index in [1.54, 1.807) is 6.07 Å². The number of anilines is 1. The number of aromatic carboxylic acids is 1. The molecule has 8 nitrogen and oxygen atoms in total. The van der Waals surface area contributed by atoms with Crippen LogP contribution in [0.15, 0.2) is 36.7 Å². The van der Waals surface area contributed by atoms with Crippen molar-refractivity contribution in [3.05, 3.63) is 58.0 Å². The highest BCUT2D eigenvalue weighted by Gasteiger charge is 2.30. The van der Waals surface area contributed by atoms with Crippen LogP contribution in [0, 0.1) is 10.1 Å². The van der Waals surface area contributed by atoms with Crippen molar-refractivity contribution in [1.29, 1.82) is 0 Å². The molecular formula is C15H14N4O4. The first-order valence-corrected chi connectivity index (χ1v) is 7.10. The van der Waals surface area contributed by atoms with Crippen LogP contribution in [0.2, 0.25) is 0 Å². The van der Waals surface area contributed by atoms with E-state index in [4.69, 9.17) is 5.11 Å². The highest BCUT2D eigenvalue weighted by atomic mass is 16.6. The first kappa shape index (κ1) is 14.9. The van der Waals surface area contributed by atoms with Crippen LogP contribution in [0.25, 0.3) is 0 Å². The summed E-state index contributed by atoms with van der Waals surface area (Å²) in [6.45, 7) is 0.466. The number of carbonyl (C=O) groups is 1. The summed E-state index contributed by atoms with van der Waals surface area (Å²) in [4.78, 5) is 31.3. The van der Waals surface area contributed by atoms with Crippen LogP contribution in [-0.4, -0.2) is 32.0 Å². The lowest BCUT2D eigenvalue weighted by Gasteiger charge is -2.23. The first-order chi connectivity index (χ1) is 11.0. The van der Waals surface area contributed by atoms with Gasteiger partial charge in [0.25, 0.3) is 5.69 Å². The van der Waals surface area contributed by atoms with Crippen molar-refractivity contribution in [1.82, 2.24) is 9.97 Å². The molecule has 0 unspecified atom stereocenters. The van der Waals surface area contributed by atoms with Crippen molar-refractivity contribution in [2.75, 3.05) is 4.90 Å². The first-order valence-electron chi connectivity index (χ1n) is 7.10. The molecule has 8 heteroatoms. The van der Waals surface area contributed by atoms with Crippen LogP contribution in [0.4, 0.5) is 11.5 Å². The van der Waals surface area contributed by atoms with Crippen molar-refractivity contribution in [2.24, 2.45) is 0 Å². The van der Waals surface area contributed by atoms with Crippen LogP contribution < -0.4 is 4.90 Å². The Morgan fingerprint density at radius 3 is 2.70 bits per heavy atom. The minimum atomic E-state index is -1.12. The van der Waals surface area contributed by atoms with Gasteiger partial charge in [0.2, 0.25) is 0 Å². The molecule has 1 saturated carbocycles. The summed E-state index contributed by atoms with van der Waals surface area (Å²) in [5.74, 6) is -0.551. The number of hydrogen-bond acceptors (Lipinski definition) is 6. The van der Waals surface area contributed by atoms with Gasteiger partial charge in [0, 0.05) is 24.7 Å². The zero-order chi connectivity index (χ0) is 16.4. The van der Waals surface area contributed by atoms with Gasteiger partial charge in [0.1, 0.15) is 5.82 Å². The summed E-state index contributed by atoms with van der Waals surface area (Å²) in [5.41, 5.74) is 0.737. The van der Waals surface area contributed by atoms with Crippen molar-refractivity contribution in [2.45, 2.75) is 25.4 Å². The molecule has 1 aliphatic rings. The van der Waals surface area contributed by atoms with E-state index in [0.29, 0.717) is 18.4 Å². The molecule has 0 aliphatic heterocycles. The molecule has 2 aromatic rings. The Morgan fingerprint density at radius 2 is 2.13 bits per heavy atom. The number of nitro groups is 1. The van der Waals surface area contributed by atoms with Crippen LogP contribution in [0.1, 0.15) is 28.9 Å². The van der Waals surface area contributed by atoms with Gasteiger partial charge in [-0.25, -0.2) is 14.8 Å². The Labute approximate surface area is 131 Å². The van der Waals surface area contributed by atoms with Gasteiger partial charge in [0.05, 0.1) is 17.3 Å². The van der Waals surface area contributed by atoms with E-state index >= 15 is 0 Å². The molecule has 0 radical (unpaired) electrons. The molecule has 0 atom stereocenters. The topological polar surface area (TPSA) is 109 Å². The molecule has 0 amide bonds. The number of non-ortho nitro benzene ring substituents is 1. The monoisotopic (exact) mass is 314 g/mol. The van der Waals surface area contributed by atoms with E-state index in [1.165, 1.54) is 24.5 Å². The second-order valence-electron chi connectivity index (χ2n) is 5.35. The largest absolute Gasteiger partial charge is 0.476 e. The fourth-order valence-corrected chi connectivity index (χ4v) is 2.33. The number of benzene rings is 1. The van der Waals surface area contributed by atoms with Crippen LogP contribution in [-0.2, 0) is 6.54 Å². The van der Waals surface area contributed by atoms with E-state index in [9.17, 15) is 14.9 Å². The summed E-state index contributed by atoms with van der Waals surface area (Å²) >= 11 is 0. The standard InChI is InChI=1S/C15H14N4O4/c20-15(21)13-7-17-14(8-16-13)18(11-4-5-11)9-10-2-1-3-12(6-10)19(22)23/h1-3,6-8,11H,4-5,9H2,(H,20,21). The maximum atomic E-state index is 10.9. The molecule has 1 heterocycles. The van der Waals surface area contributed by atoms with E-state index in [2.05, 4.69) is 9.97 Å². The van der Waals surface area contributed by atoms with Crippen molar-refractivity contribution >= 4 is 17.5 Å². The van der Waals surface area contributed by atoms with Gasteiger partial charge in [-0.15, -0.1) is 0 Å². The molecule has 3 rings (SSSR count). The molecule has 0 bridgehead atoms. The Bertz CT molecular complexity index is 743. The molecule has 23 heavy (non-hydrogen) atoms. The molecule has 1 aromatic carbocycles. The smallest absolute Gasteiger partial charge is 0.356 e. The summed E-state index contributed by atoms with van der Waals surface area (Å²) < 4.78 is 0. The van der Waals surface area contributed by atoms with E-state index in [-0.39, 0.29) is 11.4 Å². The van der Waals surface area contributed by atoms with Gasteiger partial charge in [-0.3, -0.25) is 10.1 Å². The molecule has 0 spiro atoms. The number of nitrogens with zero attached hydrogens (tertiary/aromatic N) is 4. The molecule has 0 saturated heterocycles. The average Bonchev–Trinajstić information content (AvgIpc) is 3.38. The Morgan fingerprint density at radius 1 is 1.35 bits per heavy atom. The highest BCUT2D eigenvalue weighted by molar-refractivity contribution is 5.84. The van der Waals surface area contributed by atoms with Crippen LogP contribution >= 0.6 is 0 Å². The lowest BCUT2D eigenvalue weighted by Crippen LogP contribution is -2.26. The number of rotatable bonds is 6. The molecule has 1 N–H and O–H groups in total. The summed E-state index contributed by atoms with van der Waals surface area (Å²) in [5, 5.41) is 19.7. The fraction of sp³-hybridized carbons (Fsp3) is 0.267. The van der Waals surface area contributed by atoms with Gasteiger partial charge >= 0.3 is 5.97 Å². The van der Waals surface area contributed by atoms with Gasteiger partial charge in [-0.05, 0) is 18.4 Å². The number of carboxylic acids is 1. The maximum absolute atomic E-state index is 10.9. The van der Waals surface area contributed by atoms with Crippen molar-refractivity contribution in [3.8, 4) is 0 Å². The number of nitro benzene ring substituents is 1. The Kier molecular flexibility index (Phi) is 3.88. The Balaban J connectivity index is 1.83. The molecular weight excluding hydrogens is 300 g/mol. The van der Waals surface area contributed by atoms with E-state index < -0.39 is 10.9 Å². The minimum Gasteiger partial charge on any atom is -0.476 e. The van der Waals surface area contributed by atoms with Crippen LogP contribution in [0.3, 0.4) is 0 Å². The number of aromatic nitrogens is 2. The summed E-state index contributed by atoms with van der Waals surface area (Å²) in [6.07, 6.45) is 4.67. The lowest BCUT2D eigenvalue weighted by atomic mass is 10.2. The zero-order valence-electron chi connectivity index (χ0n) is 12.1. The van der Waals surface area contributed by atoms with Crippen molar-refractivity contribution in [3.63, 3.8) is 0 Å². The lowest BCUT2D eigenvalue weighted by molar-refractivity contribution is -0.384. The highest BCUT2D eigenvalue weighted by Crippen LogP contribution is 2.32. The average molecular weight is 314 g/mol. The predicted molar refractivity (Wildman–Crippen MR) is 81.3 cm³/mol. The second-order valence-corrected chi connectivity index (χ2v) is 5.35. The van der Waals surface area contributed by atoms with Gasteiger partial charge in [-0.1, -0.05) is 12.1 Å². The maximum Gasteiger partial charge on any atom is 0.356 e. The zero-order valence-corrected chi connectivity index (χ0v) is 12.1. The second kappa shape index (κ2) is 5.99. The van der Waals surface area contributed by atoms with Gasteiger partial charge < -0.3 is 10.0 Å². The molecule has 1 aromatic heterocycles. The van der Waals surface area contributed by atoms with E-state index in [1.807, 2.05) is 11.0 Å². The third kappa shape index (κ3) is 3.42. The Hall–Kier alpha value is -3.03. The molecule has 1 fully saturated rings. The minimum absolute atomic E-state index is 0.0468. The van der Waals surface area contributed by atoms with E-state index in [0.717, 1.165) is 18.4 Å². The predicted octanol–water partition coefficient (Wildman–Crippen LogP) is 2.25. The number of carboxylic acid groups (broad SMARTS) is 1. The fourth-order valence-electron chi connectivity index (χ4n) is 2.33. The normalized spacial score (nSPS) is 13.6. The summed E-state index contributed by atoms with van der Waals surface area (Å²) in [7, 11) is 0. The summed E-state index contributed by atoms with van der Waals surface area (Å²) in [6, 6.07) is 6.76. The van der Waals surface area contributed by atoms with Crippen LogP contribution in [0.5, 0.6) is 0 Å². The third-order valence-corrected chi connectivity index (χ3v) is 3.61. The molecule has 118 valence electrons. The molecule has 1 aliphatic carbocycles. The third-order valence-electron chi connectivity index (χ3n) is 3.61.